The van der Waals surface area contributed by atoms with Crippen molar-refractivity contribution in [2.45, 2.75) is 62.2 Å². The molecule has 0 unspecified atom stereocenters. The number of sulfonamides is 1. The van der Waals surface area contributed by atoms with Crippen LogP contribution in [0.3, 0.4) is 0 Å². The number of pyridine rings is 2. The monoisotopic (exact) mass is 729 g/mol. The van der Waals surface area contributed by atoms with Gasteiger partial charge >= 0.3 is 12.1 Å². The molecule has 13 nitrogen and oxygen atoms in total. The molecular weight excluding hydrogens is 691 g/mol. The maximum atomic E-state index is 14.2. The van der Waals surface area contributed by atoms with E-state index >= 15 is 0 Å². The lowest BCUT2D eigenvalue weighted by Crippen LogP contribution is -2.39. The number of benzene rings is 1. The number of nitrogens with zero attached hydrogens (tertiary/aromatic N) is 6. The summed E-state index contributed by atoms with van der Waals surface area (Å²) < 4.78 is 82.9. The summed E-state index contributed by atoms with van der Waals surface area (Å²) in [6.07, 6.45) is -2.57. The molecule has 0 amide bonds. The minimum Gasteiger partial charge on any atom is -0.481 e. The third-order valence-electron chi connectivity index (χ3n) is 9.86. The fraction of sp³-hybridized carbons (Fsp3) is 0.471. The number of halogens is 3. The summed E-state index contributed by atoms with van der Waals surface area (Å²) in [5.41, 5.74) is 2.10. The fourth-order valence-electron chi connectivity index (χ4n) is 6.80. The first-order valence-corrected chi connectivity index (χ1v) is 18.1. The van der Waals surface area contributed by atoms with Crippen LogP contribution in [0, 0.1) is 13.8 Å². The average Bonchev–Trinajstić information content (AvgIpc) is 3.69. The maximum Gasteiger partial charge on any atom is 0.452 e. The summed E-state index contributed by atoms with van der Waals surface area (Å²) >= 11 is 0. The number of nitrogens with one attached hydrogen (secondary N) is 1. The molecule has 1 saturated heterocycles. The second kappa shape index (κ2) is 13.3. The van der Waals surface area contributed by atoms with Gasteiger partial charge in [0.2, 0.25) is 21.7 Å². The van der Waals surface area contributed by atoms with Crippen LogP contribution >= 0.6 is 0 Å². The SMILES string of the molecule is Cc1ccc([C@H](CC(=O)O)c2ccn3c(C(F)(F)F)nnc3c2C)cc1CN1CC2(CC2)Oc2nc(NCCN3CCOCC3)ccc2S1(=O)=O. The number of ether oxygens (including phenoxy) is 2. The molecule has 1 atom stereocenters. The summed E-state index contributed by atoms with van der Waals surface area (Å²) in [5.74, 6) is -2.48. The minimum atomic E-state index is -4.73. The zero-order chi connectivity index (χ0) is 36.1. The van der Waals surface area contributed by atoms with Gasteiger partial charge in [-0.3, -0.25) is 14.1 Å². The maximum absolute atomic E-state index is 14.2. The van der Waals surface area contributed by atoms with Crippen LogP contribution in [-0.2, 0) is 32.3 Å². The van der Waals surface area contributed by atoms with E-state index in [1.165, 1.54) is 22.6 Å². The number of hydrogen-bond donors (Lipinski definition) is 2. The molecule has 2 aliphatic heterocycles. The normalized spacial score (nSPS) is 19.3. The number of alkyl halides is 3. The molecule has 17 heteroatoms. The van der Waals surface area contributed by atoms with Gasteiger partial charge in [-0.05, 0) is 72.7 Å². The number of anilines is 1. The standard InChI is InChI=1S/C34H38F3N7O6S/c1-21-3-4-23(26(18-29(45)46)25-7-11-44-30(22(25)2)40-41-32(44)34(35,36)37)17-24(21)19-43-20-33(8-9-33)50-31-27(51(43,47)48)5-6-28(39-31)38-10-12-42-13-15-49-16-14-42/h3-7,11,17,26H,8-10,12-16,18-20H2,1-2H3,(H,38,39)(H,45,46)/t26-/m0/s1. The summed E-state index contributed by atoms with van der Waals surface area (Å²) in [7, 11) is -4.07. The number of aliphatic carboxylic acids is 1. The molecule has 2 fully saturated rings. The molecule has 272 valence electrons. The van der Waals surface area contributed by atoms with Gasteiger partial charge in [0.05, 0.1) is 26.2 Å². The average molecular weight is 730 g/mol. The number of aryl methyl sites for hydroxylation is 2. The highest BCUT2D eigenvalue weighted by Crippen LogP contribution is 2.46. The van der Waals surface area contributed by atoms with Crippen LogP contribution in [0.15, 0.2) is 47.5 Å². The van der Waals surface area contributed by atoms with Crippen molar-refractivity contribution in [3.63, 3.8) is 0 Å². The molecule has 5 heterocycles. The number of carboxylic acids is 1. The number of carboxylic acid groups (broad SMARTS) is 1. The predicted molar refractivity (Wildman–Crippen MR) is 178 cm³/mol. The van der Waals surface area contributed by atoms with Gasteiger partial charge in [0.15, 0.2) is 5.65 Å². The van der Waals surface area contributed by atoms with Crippen LogP contribution in [0.4, 0.5) is 19.0 Å². The van der Waals surface area contributed by atoms with E-state index in [0.717, 1.165) is 29.6 Å². The Hall–Kier alpha value is -4.32. The van der Waals surface area contributed by atoms with E-state index in [4.69, 9.17) is 9.47 Å². The Morgan fingerprint density at radius 3 is 2.57 bits per heavy atom. The van der Waals surface area contributed by atoms with Crippen molar-refractivity contribution < 1.29 is 41.0 Å². The smallest absolute Gasteiger partial charge is 0.452 e. The second-order valence-corrected chi connectivity index (χ2v) is 15.3. The van der Waals surface area contributed by atoms with E-state index in [-0.39, 0.29) is 35.9 Å². The molecule has 3 aromatic heterocycles. The van der Waals surface area contributed by atoms with Gasteiger partial charge in [0.25, 0.3) is 0 Å². The van der Waals surface area contributed by atoms with E-state index in [2.05, 4.69) is 25.4 Å². The molecule has 2 N–H and O–H groups in total. The molecule has 1 spiro atoms. The van der Waals surface area contributed by atoms with Crippen molar-refractivity contribution in [2.75, 3.05) is 51.3 Å². The van der Waals surface area contributed by atoms with Crippen molar-refractivity contribution in [1.29, 1.82) is 0 Å². The lowest BCUT2D eigenvalue weighted by Gasteiger charge is -2.26. The molecular formula is C34H38F3N7O6S. The Kier molecular flexibility index (Phi) is 9.18. The predicted octanol–water partition coefficient (Wildman–Crippen LogP) is 4.23. The van der Waals surface area contributed by atoms with Crippen LogP contribution in [0.5, 0.6) is 5.88 Å². The van der Waals surface area contributed by atoms with Gasteiger partial charge in [-0.25, -0.2) is 8.42 Å². The number of hydrogen-bond acceptors (Lipinski definition) is 10. The minimum absolute atomic E-state index is 0.0109. The van der Waals surface area contributed by atoms with Crippen LogP contribution in [0.25, 0.3) is 5.65 Å². The number of aromatic nitrogens is 4. The Labute approximate surface area is 292 Å². The summed E-state index contributed by atoms with van der Waals surface area (Å²) in [4.78, 5) is 18.9. The first kappa shape index (κ1) is 35.1. The van der Waals surface area contributed by atoms with E-state index in [0.29, 0.717) is 60.7 Å². The van der Waals surface area contributed by atoms with Gasteiger partial charge in [0, 0.05) is 44.8 Å². The van der Waals surface area contributed by atoms with Crippen molar-refractivity contribution >= 4 is 27.5 Å². The number of rotatable bonds is 10. The molecule has 4 aromatic rings. The summed E-state index contributed by atoms with van der Waals surface area (Å²) in [6, 6.07) is 9.94. The summed E-state index contributed by atoms with van der Waals surface area (Å²) in [6.45, 7) is 8.04. The van der Waals surface area contributed by atoms with Gasteiger partial charge in [-0.15, -0.1) is 10.2 Å². The van der Waals surface area contributed by atoms with Crippen molar-refractivity contribution in [3.05, 3.63) is 76.2 Å². The Bertz CT molecular complexity index is 2080. The Morgan fingerprint density at radius 1 is 1.10 bits per heavy atom. The van der Waals surface area contributed by atoms with Crippen molar-refractivity contribution in [3.8, 4) is 5.88 Å². The molecule has 1 saturated carbocycles. The van der Waals surface area contributed by atoms with Crippen LogP contribution in [-0.4, -0.2) is 99.8 Å². The van der Waals surface area contributed by atoms with E-state index in [1.807, 2.05) is 6.92 Å². The lowest BCUT2D eigenvalue weighted by molar-refractivity contribution is -0.145. The highest BCUT2D eigenvalue weighted by atomic mass is 32.2. The largest absolute Gasteiger partial charge is 0.481 e. The number of fused-ring (bicyclic) bond motifs is 2. The Morgan fingerprint density at radius 2 is 1.86 bits per heavy atom. The fourth-order valence-corrected chi connectivity index (χ4v) is 8.34. The van der Waals surface area contributed by atoms with Gasteiger partial charge in [0.1, 0.15) is 16.3 Å². The van der Waals surface area contributed by atoms with Gasteiger partial charge < -0.3 is 19.9 Å². The number of carbonyl (C=O) groups is 1. The summed E-state index contributed by atoms with van der Waals surface area (Å²) in [5, 5.41) is 20.3. The first-order valence-electron chi connectivity index (χ1n) is 16.7. The first-order chi connectivity index (χ1) is 24.2. The molecule has 0 bridgehead atoms. The van der Waals surface area contributed by atoms with E-state index < -0.39 is 39.5 Å². The topological polar surface area (TPSA) is 151 Å². The second-order valence-electron chi connectivity index (χ2n) is 13.4. The lowest BCUT2D eigenvalue weighted by atomic mass is 9.85. The molecule has 1 aliphatic carbocycles. The van der Waals surface area contributed by atoms with Crippen LogP contribution < -0.4 is 10.1 Å². The van der Waals surface area contributed by atoms with E-state index in [9.17, 15) is 31.5 Å². The molecule has 7 rings (SSSR count). The molecule has 0 radical (unpaired) electrons. The van der Waals surface area contributed by atoms with Crippen LogP contribution in [0.1, 0.15) is 58.8 Å². The van der Waals surface area contributed by atoms with E-state index in [1.54, 1.807) is 31.2 Å². The Balaban J connectivity index is 1.17. The molecule has 3 aliphatic rings. The molecule has 1 aromatic carbocycles. The molecule has 51 heavy (non-hydrogen) atoms. The number of morpholine rings is 1. The van der Waals surface area contributed by atoms with Gasteiger partial charge in [-0.2, -0.15) is 22.5 Å². The van der Waals surface area contributed by atoms with Crippen molar-refractivity contribution in [2.24, 2.45) is 0 Å². The third-order valence-corrected chi connectivity index (χ3v) is 11.7. The van der Waals surface area contributed by atoms with Crippen LogP contribution in [0.2, 0.25) is 0 Å². The highest BCUT2D eigenvalue weighted by molar-refractivity contribution is 7.89. The van der Waals surface area contributed by atoms with Gasteiger partial charge in [-0.1, -0.05) is 18.2 Å². The zero-order valence-electron chi connectivity index (χ0n) is 28.1. The quantitative estimate of drug-likeness (QED) is 0.242. The highest BCUT2D eigenvalue weighted by Gasteiger charge is 2.52. The third kappa shape index (κ3) is 7.11. The van der Waals surface area contributed by atoms with Crippen molar-refractivity contribution in [1.82, 2.24) is 28.8 Å². The zero-order valence-corrected chi connectivity index (χ0v) is 28.9.